The summed E-state index contributed by atoms with van der Waals surface area (Å²) in [6, 6.07) is 0. The van der Waals surface area contributed by atoms with Gasteiger partial charge in [0, 0.05) is 9.98 Å². The molecule has 1 heterocycles. The van der Waals surface area contributed by atoms with Gasteiger partial charge in [-0.15, -0.1) is 9.05 Å². The van der Waals surface area contributed by atoms with Gasteiger partial charge >= 0.3 is 8.25 Å². The Kier molecular flexibility index (Phi) is 2.82. The average Bonchev–Trinajstić information content (AvgIpc) is 1.96. The number of hydrogen-bond acceptors (Lipinski definition) is 3. The molecule has 0 N–H and O–H groups in total. The zero-order valence-electron chi connectivity index (χ0n) is 8.96. The van der Waals surface area contributed by atoms with Gasteiger partial charge in [-0.25, -0.2) is 0 Å². The molecule has 3 nitrogen and oxygen atoms in total. The van der Waals surface area contributed by atoms with Crippen molar-refractivity contribution >= 4 is 8.25 Å². The average molecular weight is 205 g/mol. The molecule has 4 heteroatoms. The van der Waals surface area contributed by atoms with Gasteiger partial charge in [0.15, 0.2) is 0 Å². The molecule has 0 saturated carbocycles. The molecule has 1 aliphatic rings. The van der Waals surface area contributed by atoms with Crippen LogP contribution in [-0.4, -0.2) is 12.2 Å². The molecule has 0 radical (unpaired) electrons. The van der Waals surface area contributed by atoms with Crippen molar-refractivity contribution in [3.05, 3.63) is 0 Å². The van der Waals surface area contributed by atoms with Crippen LogP contribution in [0.1, 0.15) is 34.6 Å². The predicted octanol–water partition coefficient (Wildman–Crippen LogP) is 3.13. The zero-order chi connectivity index (χ0) is 10.3. The van der Waals surface area contributed by atoms with Crippen molar-refractivity contribution in [1.29, 1.82) is 0 Å². The molecule has 1 rings (SSSR count). The third-order valence-corrected chi connectivity index (χ3v) is 4.37. The lowest BCUT2D eigenvalue weighted by molar-refractivity contribution is -0.111. The largest absolute Gasteiger partial charge is 0.697 e. The Morgan fingerprint density at radius 3 is 2.23 bits per heavy atom. The van der Waals surface area contributed by atoms with Crippen LogP contribution < -0.4 is 0 Å². The van der Waals surface area contributed by atoms with Gasteiger partial charge in [-0.1, -0.05) is 20.8 Å². The van der Waals surface area contributed by atoms with Crippen LogP contribution >= 0.6 is 8.25 Å². The summed E-state index contributed by atoms with van der Waals surface area (Å²) in [7, 11) is -1.91. The van der Waals surface area contributed by atoms with Gasteiger partial charge in [-0.3, -0.25) is 0 Å². The van der Waals surface area contributed by atoms with E-state index in [0.29, 0.717) is 12.5 Å². The van der Waals surface area contributed by atoms with Crippen LogP contribution in [0.5, 0.6) is 0 Å². The van der Waals surface area contributed by atoms with Crippen molar-refractivity contribution in [2.45, 2.75) is 40.2 Å². The molecule has 0 amide bonds. The van der Waals surface area contributed by atoms with Gasteiger partial charge in [0.2, 0.25) is 0 Å². The highest BCUT2D eigenvalue weighted by molar-refractivity contribution is 7.33. The second-order valence-corrected chi connectivity index (χ2v) is 5.56. The fraction of sp³-hybridized carbons (Fsp3) is 1.00. The summed E-state index contributed by atoms with van der Waals surface area (Å²) in [4.78, 5) is 0. The summed E-state index contributed by atoms with van der Waals surface area (Å²) >= 11 is 0. The third-order valence-electron chi connectivity index (χ3n) is 3.42. The molecule has 76 valence electrons. The van der Waals surface area contributed by atoms with Crippen LogP contribution in [0.4, 0.5) is 0 Å². The summed E-state index contributed by atoms with van der Waals surface area (Å²) in [5.74, 6) is 0.436. The second-order valence-electron chi connectivity index (χ2n) is 4.67. The standard InChI is InChI=1S/C9H18O3P/c1-7(2)9(5)6-11-13(10)12-8(9,3)4/h7H,6H2,1-5H3/q+1. The molecule has 0 spiro atoms. The molecule has 2 atom stereocenters. The predicted molar refractivity (Wildman–Crippen MR) is 51.7 cm³/mol. The Balaban J connectivity index is 2.92. The fourth-order valence-corrected chi connectivity index (χ4v) is 2.55. The summed E-state index contributed by atoms with van der Waals surface area (Å²) in [5.41, 5.74) is -0.455. The fourth-order valence-electron chi connectivity index (χ4n) is 1.54. The van der Waals surface area contributed by atoms with E-state index in [-0.39, 0.29) is 11.0 Å². The van der Waals surface area contributed by atoms with E-state index in [1.807, 2.05) is 13.8 Å². The number of rotatable bonds is 1. The quantitative estimate of drug-likeness (QED) is 0.617. The molecular formula is C9H18O3P+. The van der Waals surface area contributed by atoms with E-state index in [0.717, 1.165) is 0 Å². The molecule has 0 aromatic carbocycles. The van der Waals surface area contributed by atoms with Gasteiger partial charge < -0.3 is 0 Å². The van der Waals surface area contributed by atoms with Gasteiger partial charge in [-0.2, -0.15) is 0 Å². The lowest BCUT2D eigenvalue weighted by atomic mass is 9.68. The molecule has 1 aliphatic heterocycles. The van der Waals surface area contributed by atoms with Crippen molar-refractivity contribution in [2.75, 3.05) is 6.61 Å². The Morgan fingerprint density at radius 2 is 1.85 bits per heavy atom. The monoisotopic (exact) mass is 205 g/mol. The third kappa shape index (κ3) is 1.78. The Hall–Kier alpha value is 0.0200. The Morgan fingerprint density at radius 1 is 1.31 bits per heavy atom. The van der Waals surface area contributed by atoms with E-state index in [2.05, 4.69) is 20.8 Å². The highest BCUT2D eigenvalue weighted by atomic mass is 31.1. The van der Waals surface area contributed by atoms with Crippen LogP contribution in [0.2, 0.25) is 0 Å². The summed E-state index contributed by atoms with van der Waals surface area (Å²) in [6.07, 6.45) is 0. The van der Waals surface area contributed by atoms with Crippen molar-refractivity contribution in [1.82, 2.24) is 0 Å². The number of hydrogen-bond donors (Lipinski definition) is 0. The van der Waals surface area contributed by atoms with Crippen molar-refractivity contribution < 1.29 is 13.6 Å². The molecule has 0 aromatic rings. The van der Waals surface area contributed by atoms with E-state index in [1.54, 1.807) is 0 Å². The molecule has 0 bridgehead atoms. The topological polar surface area (TPSA) is 35.5 Å². The van der Waals surface area contributed by atoms with Crippen molar-refractivity contribution in [3.63, 3.8) is 0 Å². The zero-order valence-corrected chi connectivity index (χ0v) is 9.85. The first kappa shape index (κ1) is 11.1. The molecule has 0 aliphatic carbocycles. The van der Waals surface area contributed by atoms with E-state index >= 15 is 0 Å². The highest BCUT2D eigenvalue weighted by Crippen LogP contribution is 2.51. The van der Waals surface area contributed by atoms with E-state index < -0.39 is 8.25 Å². The van der Waals surface area contributed by atoms with Crippen LogP contribution in [-0.2, 0) is 13.6 Å². The molecular weight excluding hydrogens is 187 g/mol. The first-order chi connectivity index (χ1) is 5.79. The van der Waals surface area contributed by atoms with Gasteiger partial charge in [-0.05, 0) is 19.8 Å². The summed E-state index contributed by atoms with van der Waals surface area (Å²) < 4.78 is 21.5. The molecule has 2 unspecified atom stereocenters. The minimum absolute atomic E-state index is 0.0732. The van der Waals surface area contributed by atoms with Crippen LogP contribution in [0.25, 0.3) is 0 Å². The maximum Gasteiger partial charge on any atom is 0.697 e. The van der Waals surface area contributed by atoms with Crippen molar-refractivity contribution in [3.8, 4) is 0 Å². The second kappa shape index (κ2) is 3.30. The molecule has 1 fully saturated rings. The van der Waals surface area contributed by atoms with Gasteiger partial charge in [0.05, 0.1) is 0 Å². The SMILES string of the molecule is CC(C)C1(C)CO[P+](=O)OC1(C)C. The minimum atomic E-state index is -1.91. The molecule has 13 heavy (non-hydrogen) atoms. The Labute approximate surface area is 80.8 Å². The highest BCUT2D eigenvalue weighted by Gasteiger charge is 2.56. The van der Waals surface area contributed by atoms with Crippen LogP contribution in [0.15, 0.2) is 0 Å². The van der Waals surface area contributed by atoms with Crippen LogP contribution in [0.3, 0.4) is 0 Å². The maximum absolute atomic E-state index is 11.1. The van der Waals surface area contributed by atoms with Gasteiger partial charge in [0.1, 0.15) is 12.2 Å². The summed E-state index contributed by atoms with van der Waals surface area (Å²) in [5, 5.41) is 0. The maximum atomic E-state index is 11.1. The molecule has 1 saturated heterocycles. The first-order valence-electron chi connectivity index (χ1n) is 4.59. The lowest BCUT2D eigenvalue weighted by Gasteiger charge is -2.43. The molecule has 0 aromatic heterocycles. The first-order valence-corrected chi connectivity index (χ1v) is 5.68. The smallest absolute Gasteiger partial charge is 0.118 e. The lowest BCUT2D eigenvalue weighted by Crippen LogP contribution is -2.51. The Bertz CT molecular complexity index is 225. The summed E-state index contributed by atoms with van der Waals surface area (Å²) in [6.45, 7) is 10.8. The normalized spacial score (nSPS) is 36.6. The van der Waals surface area contributed by atoms with E-state index in [1.165, 1.54) is 0 Å². The van der Waals surface area contributed by atoms with E-state index in [4.69, 9.17) is 9.05 Å². The van der Waals surface area contributed by atoms with Crippen LogP contribution in [0, 0.1) is 11.3 Å². The van der Waals surface area contributed by atoms with Gasteiger partial charge in [0.25, 0.3) is 0 Å². The van der Waals surface area contributed by atoms with E-state index in [9.17, 15) is 4.57 Å². The minimum Gasteiger partial charge on any atom is -0.118 e. The van der Waals surface area contributed by atoms with Crippen molar-refractivity contribution in [2.24, 2.45) is 11.3 Å².